The largest absolute Gasteiger partial charge is 0.451 e. The second kappa shape index (κ2) is 5.19. The van der Waals surface area contributed by atoms with Gasteiger partial charge < -0.3 is 10.5 Å². The van der Waals surface area contributed by atoms with E-state index in [9.17, 15) is 26.3 Å². The molecule has 0 heterocycles. The van der Waals surface area contributed by atoms with Gasteiger partial charge in [-0.1, -0.05) is 0 Å². The highest BCUT2D eigenvalue weighted by atomic mass is 19.4. The summed E-state index contributed by atoms with van der Waals surface area (Å²) in [5, 5.41) is 0. The first-order valence-corrected chi connectivity index (χ1v) is 5.47. The third kappa shape index (κ3) is 3.21. The van der Waals surface area contributed by atoms with Gasteiger partial charge in [-0.25, -0.2) is 13.2 Å². The van der Waals surface area contributed by atoms with Gasteiger partial charge in [-0.05, 0) is 24.3 Å². The summed E-state index contributed by atoms with van der Waals surface area (Å²) < 4.78 is 82.0. The number of rotatable bonds is 2. The van der Waals surface area contributed by atoms with Crippen LogP contribution in [0.2, 0.25) is 0 Å². The van der Waals surface area contributed by atoms with Crippen LogP contribution in [0, 0.1) is 17.5 Å². The third-order valence-corrected chi connectivity index (χ3v) is 2.52. The maximum Gasteiger partial charge on any atom is 0.416 e. The summed E-state index contributed by atoms with van der Waals surface area (Å²) >= 11 is 0. The zero-order valence-corrected chi connectivity index (χ0v) is 10.1. The quantitative estimate of drug-likeness (QED) is 0.655. The normalized spacial score (nSPS) is 11.5. The summed E-state index contributed by atoms with van der Waals surface area (Å²) in [5.41, 5.74) is 3.50. The van der Waals surface area contributed by atoms with E-state index in [2.05, 4.69) is 0 Å². The van der Waals surface area contributed by atoms with E-state index in [-0.39, 0.29) is 23.6 Å². The number of hydrogen-bond donors (Lipinski definition) is 1. The first kappa shape index (κ1) is 15.0. The molecule has 2 nitrogen and oxygen atoms in total. The molecule has 21 heavy (non-hydrogen) atoms. The number of nitrogens with two attached hydrogens (primary N) is 1. The fourth-order valence-electron chi connectivity index (χ4n) is 1.51. The smallest absolute Gasteiger partial charge is 0.416 e. The summed E-state index contributed by atoms with van der Waals surface area (Å²) in [6, 6.07) is 3.14. The minimum Gasteiger partial charge on any atom is -0.451 e. The number of anilines is 1. The predicted molar refractivity (Wildman–Crippen MR) is 62.2 cm³/mol. The molecule has 0 aromatic heterocycles. The van der Waals surface area contributed by atoms with Crippen LogP contribution in [0.15, 0.2) is 30.3 Å². The Kier molecular flexibility index (Phi) is 3.71. The van der Waals surface area contributed by atoms with Crippen LogP contribution >= 0.6 is 0 Å². The molecule has 0 saturated carbocycles. The van der Waals surface area contributed by atoms with Gasteiger partial charge in [0.15, 0.2) is 17.4 Å². The third-order valence-electron chi connectivity index (χ3n) is 2.52. The number of alkyl halides is 3. The first-order chi connectivity index (χ1) is 9.68. The summed E-state index contributed by atoms with van der Waals surface area (Å²) in [5.74, 6) is -5.37. The molecule has 2 aromatic rings. The Morgan fingerprint density at radius 2 is 1.43 bits per heavy atom. The van der Waals surface area contributed by atoms with Gasteiger partial charge in [0.1, 0.15) is 11.6 Å². The molecular formula is C13H7F6NO. The maximum atomic E-state index is 13.5. The van der Waals surface area contributed by atoms with Gasteiger partial charge >= 0.3 is 6.18 Å². The van der Waals surface area contributed by atoms with Crippen LogP contribution in [0.1, 0.15) is 5.56 Å². The molecule has 0 fully saturated rings. The molecule has 112 valence electrons. The number of hydrogen-bond acceptors (Lipinski definition) is 2. The minimum absolute atomic E-state index is 0.0894. The zero-order valence-electron chi connectivity index (χ0n) is 10.1. The van der Waals surface area contributed by atoms with Crippen molar-refractivity contribution in [2.75, 3.05) is 5.73 Å². The minimum atomic E-state index is -4.90. The molecule has 0 atom stereocenters. The fraction of sp³-hybridized carbons (Fsp3) is 0.0769. The average Bonchev–Trinajstić information content (AvgIpc) is 2.36. The second-order valence-corrected chi connectivity index (χ2v) is 4.05. The molecule has 0 spiro atoms. The number of ether oxygens (including phenoxy) is 1. The molecule has 0 aliphatic carbocycles. The van der Waals surface area contributed by atoms with Gasteiger partial charge in [-0.2, -0.15) is 13.2 Å². The zero-order chi connectivity index (χ0) is 15.8. The Hall–Kier alpha value is -2.38. The van der Waals surface area contributed by atoms with Gasteiger partial charge in [0.05, 0.1) is 11.3 Å². The Morgan fingerprint density at radius 3 is 1.90 bits per heavy atom. The molecule has 2 rings (SSSR count). The van der Waals surface area contributed by atoms with Crippen LogP contribution in [0.25, 0.3) is 0 Å². The molecular weight excluding hydrogens is 300 g/mol. The second-order valence-electron chi connectivity index (χ2n) is 4.05. The van der Waals surface area contributed by atoms with Crippen LogP contribution in [-0.4, -0.2) is 0 Å². The van der Waals surface area contributed by atoms with Crippen molar-refractivity contribution < 1.29 is 31.1 Å². The van der Waals surface area contributed by atoms with Crippen LogP contribution in [0.4, 0.5) is 32.0 Å². The standard InChI is InChI=1S/C13H7F6NO/c14-8-5-7(1-2-11(8)20)21-12-9(15)3-6(4-10(12)16)13(17,18)19/h1-5H,20H2. The van der Waals surface area contributed by atoms with Crippen molar-refractivity contribution in [3.05, 3.63) is 53.3 Å². The summed E-state index contributed by atoms with van der Waals surface area (Å²) in [6.45, 7) is 0. The Morgan fingerprint density at radius 1 is 0.857 bits per heavy atom. The van der Waals surface area contributed by atoms with E-state index < -0.39 is 34.9 Å². The van der Waals surface area contributed by atoms with Crippen LogP contribution in [-0.2, 0) is 6.18 Å². The van der Waals surface area contributed by atoms with Crippen molar-refractivity contribution in [3.63, 3.8) is 0 Å². The lowest BCUT2D eigenvalue weighted by Crippen LogP contribution is -2.07. The lowest BCUT2D eigenvalue weighted by Gasteiger charge is -2.12. The molecule has 0 saturated heterocycles. The molecule has 0 unspecified atom stereocenters. The highest BCUT2D eigenvalue weighted by Gasteiger charge is 2.33. The first-order valence-electron chi connectivity index (χ1n) is 5.47. The summed E-state index contributed by atoms with van der Waals surface area (Å²) in [6.07, 6.45) is -4.90. The fourth-order valence-corrected chi connectivity index (χ4v) is 1.51. The van der Waals surface area contributed by atoms with Crippen molar-refractivity contribution in [1.29, 1.82) is 0 Å². The van der Waals surface area contributed by atoms with E-state index in [1.807, 2.05) is 0 Å². The van der Waals surface area contributed by atoms with Gasteiger partial charge in [0.25, 0.3) is 0 Å². The van der Waals surface area contributed by atoms with Crippen molar-refractivity contribution in [2.24, 2.45) is 0 Å². The number of halogens is 6. The Labute approximate surface area is 114 Å². The molecule has 0 bridgehead atoms. The van der Waals surface area contributed by atoms with Crippen molar-refractivity contribution >= 4 is 5.69 Å². The average molecular weight is 307 g/mol. The highest BCUT2D eigenvalue weighted by molar-refractivity contribution is 5.45. The lowest BCUT2D eigenvalue weighted by molar-refractivity contribution is -0.138. The molecule has 0 aliphatic heterocycles. The van der Waals surface area contributed by atoms with E-state index in [1.165, 1.54) is 0 Å². The van der Waals surface area contributed by atoms with Gasteiger partial charge in [-0.15, -0.1) is 0 Å². The molecule has 0 amide bonds. The van der Waals surface area contributed by atoms with Crippen LogP contribution in [0.3, 0.4) is 0 Å². The maximum absolute atomic E-state index is 13.5. The molecule has 2 aromatic carbocycles. The van der Waals surface area contributed by atoms with Crippen LogP contribution in [0.5, 0.6) is 11.5 Å². The monoisotopic (exact) mass is 307 g/mol. The van der Waals surface area contributed by atoms with Gasteiger partial charge in [0.2, 0.25) is 0 Å². The Balaban J connectivity index is 2.39. The van der Waals surface area contributed by atoms with Crippen molar-refractivity contribution in [2.45, 2.75) is 6.18 Å². The van der Waals surface area contributed by atoms with Gasteiger partial charge in [0, 0.05) is 6.07 Å². The van der Waals surface area contributed by atoms with Crippen molar-refractivity contribution in [1.82, 2.24) is 0 Å². The lowest BCUT2D eigenvalue weighted by atomic mass is 10.2. The predicted octanol–water partition coefficient (Wildman–Crippen LogP) is 4.50. The van der Waals surface area contributed by atoms with Gasteiger partial charge in [-0.3, -0.25) is 0 Å². The highest BCUT2D eigenvalue weighted by Crippen LogP contribution is 2.35. The van der Waals surface area contributed by atoms with Crippen molar-refractivity contribution in [3.8, 4) is 11.5 Å². The van der Waals surface area contributed by atoms with E-state index in [4.69, 9.17) is 10.5 Å². The van der Waals surface area contributed by atoms with Crippen LogP contribution < -0.4 is 10.5 Å². The molecule has 2 N–H and O–H groups in total. The topological polar surface area (TPSA) is 35.2 Å². The van der Waals surface area contributed by atoms with E-state index >= 15 is 0 Å². The molecule has 0 aliphatic rings. The molecule has 8 heteroatoms. The van der Waals surface area contributed by atoms with E-state index in [1.54, 1.807) is 0 Å². The SMILES string of the molecule is Nc1ccc(Oc2c(F)cc(C(F)(F)F)cc2F)cc1F. The number of benzene rings is 2. The number of nitrogen functional groups attached to an aromatic ring is 1. The Bertz CT molecular complexity index is 660. The molecule has 0 radical (unpaired) electrons. The summed E-state index contributed by atoms with van der Waals surface area (Å²) in [7, 11) is 0. The summed E-state index contributed by atoms with van der Waals surface area (Å²) in [4.78, 5) is 0. The van der Waals surface area contributed by atoms with E-state index in [0.29, 0.717) is 0 Å². The van der Waals surface area contributed by atoms with E-state index in [0.717, 1.165) is 18.2 Å².